The van der Waals surface area contributed by atoms with Gasteiger partial charge in [-0.05, 0) is 45.0 Å². The summed E-state index contributed by atoms with van der Waals surface area (Å²) in [4.78, 5) is 50.2. The molecule has 14 heteroatoms. The lowest BCUT2D eigenvalue weighted by atomic mass is 10.2. The van der Waals surface area contributed by atoms with Crippen LogP contribution in [0.5, 0.6) is 0 Å². The molecule has 10 nitrogen and oxygen atoms in total. The summed E-state index contributed by atoms with van der Waals surface area (Å²) in [6.07, 6.45) is 1.32. The molecule has 1 fully saturated rings. The van der Waals surface area contributed by atoms with Crippen molar-refractivity contribution in [3.8, 4) is 0 Å². The average molecular weight is 612 g/mol. The number of hydrogen-bond acceptors (Lipinski definition) is 8. The van der Waals surface area contributed by atoms with Crippen molar-refractivity contribution in [2.24, 2.45) is 0 Å². The van der Waals surface area contributed by atoms with E-state index in [2.05, 4.69) is 25.5 Å². The Hall–Kier alpha value is -3.12. The van der Waals surface area contributed by atoms with Gasteiger partial charge in [-0.2, -0.15) is 0 Å². The van der Waals surface area contributed by atoms with Crippen molar-refractivity contribution in [2.45, 2.75) is 26.4 Å². The Morgan fingerprint density at radius 2 is 1.62 bits per heavy atom. The lowest BCUT2D eigenvalue weighted by molar-refractivity contribution is 0.0240. The summed E-state index contributed by atoms with van der Waals surface area (Å²) < 4.78 is 5.44. The molecule has 3 heterocycles. The highest BCUT2D eigenvalue weighted by atomic mass is 35.5. The van der Waals surface area contributed by atoms with Gasteiger partial charge in [0.25, 0.3) is 11.8 Å². The van der Waals surface area contributed by atoms with Crippen molar-refractivity contribution in [1.29, 1.82) is 0 Å². The Bertz CT molecular complexity index is 1360. The van der Waals surface area contributed by atoms with Gasteiger partial charge in [-0.3, -0.25) is 9.59 Å². The highest BCUT2D eigenvalue weighted by Gasteiger charge is 2.26. The second kappa shape index (κ2) is 12.0. The van der Waals surface area contributed by atoms with Crippen LogP contribution in [0, 0.1) is 0 Å². The third kappa shape index (κ3) is 7.30. The number of piperazine rings is 1. The molecule has 0 atom stereocenters. The molecule has 1 aliphatic heterocycles. The normalized spacial score (nSPS) is 13.7. The van der Waals surface area contributed by atoms with Crippen LogP contribution in [0.1, 0.15) is 41.6 Å². The van der Waals surface area contributed by atoms with E-state index in [4.69, 9.17) is 39.5 Å². The second-order valence-electron chi connectivity index (χ2n) is 9.54. The van der Waals surface area contributed by atoms with Crippen LogP contribution in [-0.2, 0) is 4.74 Å². The summed E-state index contributed by atoms with van der Waals surface area (Å²) in [6, 6.07) is 6.31. The molecule has 0 bridgehead atoms. The van der Waals surface area contributed by atoms with Crippen LogP contribution in [0.15, 0.2) is 36.0 Å². The number of aromatic nitrogens is 2. The number of pyridine rings is 1. The minimum atomic E-state index is -0.603. The van der Waals surface area contributed by atoms with Gasteiger partial charge in [-0.25, -0.2) is 14.8 Å². The smallest absolute Gasteiger partial charge is 0.410 e. The molecule has 1 saturated heterocycles. The van der Waals surface area contributed by atoms with Gasteiger partial charge >= 0.3 is 6.09 Å². The maximum atomic E-state index is 12.9. The van der Waals surface area contributed by atoms with Gasteiger partial charge < -0.3 is 25.2 Å². The first-order chi connectivity index (χ1) is 18.4. The number of carbonyl (C=O) groups is 3. The molecule has 1 aromatic carbocycles. The molecule has 2 aromatic heterocycles. The van der Waals surface area contributed by atoms with Crippen LogP contribution in [0.25, 0.3) is 0 Å². The number of thiazole rings is 1. The predicted octanol–water partition coefficient (Wildman–Crippen LogP) is 6.06. The molecule has 1 aliphatic rings. The Morgan fingerprint density at radius 3 is 2.21 bits per heavy atom. The number of anilines is 3. The van der Waals surface area contributed by atoms with Gasteiger partial charge in [0.1, 0.15) is 16.4 Å². The Labute approximate surface area is 244 Å². The maximum Gasteiger partial charge on any atom is 0.410 e. The number of ether oxygens (including phenoxy) is 1. The number of nitrogens with one attached hydrogen (secondary N) is 2. The van der Waals surface area contributed by atoms with Gasteiger partial charge in [-0.1, -0.05) is 34.8 Å². The van der Waals surface area contributed by atoms with Crippen molar-refractivity contribution >= 4 is 80.6 Å². The summed E-state index contributed by atoms with van der Waals surface area (Å²) in [5.74, 6) is -0.842. The average Bonchev–Trinajstić information content (AvgIpc) is 3.31. The van der Waals surface area contributed by atoms with Gasteiger partial charge in [0.15, 0.2) is 5.69 Å². The van der Waals surface area contributed by atoms with E-state index in [1.165, 1.54) is 17.6 Å². The Kier molecular flexibility index (Phi) is 8.85. The fraction of sp³-hybridized carbons (Fsp3) is 0.320. The first-order valence-corrected chi connectivity index (χ1v) is 13.8. The zero-order chi connectivity index (χ0) is 28.3. The van der Waals surface area contributed by atoms with E-state index in [0.29, 0.717) is 37.0 Å². The standard InChI is InChI=1S/C25H25Cl3N6O4S/c1-25(2,3)38-24(37)34-8-6-33(7-9-34)15-4-5-18(29-12-15)31-22(36)20-23(39-13-30-20)32-21(35)19-16(27)10-14(26)11-17(19)28/h4-5,10-13H,6-9H2,1-3H3,(H,32,35)(H,29,31,36). The van der Waals surface area contributed by atoms with E-state index in [0.717, 1.165) is 17.0 Å². The molecule has 39 heavy (non-hydrogen) atoms. The molecule has 0 aliphatic carbocycles. The van der Waals surface area contributed by atoms with E-state index in [1.807, 2.05) is 26.8 Å². The van der Waals surface area contributed by atoms with Gasteiger partial charge in [0.2, 0.25) is 0 Å². The molecule has 0 radical (unpaired) electrons. The molecule has 3 amide bonds. The number of carbonyl (C=O) groups excluding carboxylic acids is 3. The predicted molar refractivity (Wildman–Crippen MR) is 154 cm³/mol. The van der Waals surface area contributed by atoms with Crippen LogP contribution in [0.4, 0.5) is 21.3 Å². The molecule has 3 aromatic rings. The molecular formula is C25H25Cl3N6O4S. The zero-order valence-electron chi connectivity index (χ0n) is 21.3. The monoisotopic (exact) mass is 610 g/mol. The van der Waals surface area contributed by atoms with Gasteiger partial charge in [0, 0.05) is 31.2 Å². The zero-order valence-corrected chi connectivity index (χ0v) is 24.3. The van der Waals surface area contributed by atoms with E-state index < -0.39 is 17.4 Å². The molecule has 0 saturated carbocycles. The minimum absolute atomic E-state index is 0.0127. The van der Waals surface area contributed by atoms with Crippen molar-refractivity contribution < 1.29 is 19.1 Å². The van der Waals surface area contributed by atoms with E-state index >= 15 is 0 Å². The lowest BCUT2D eigenvalue weighted by Gasteiger charge is -2.36. The van der Waals surface area contributed by atoms with E-state index in [9.17, 15) is 14.4 Å². The molecule has 4 rings (SSSR count). The SMILES string of the molecule is CC(C)(C)OC(=O)N1CCN(c2ccc(NC(=O)c3ncsc3NC(=O)c3c(Cl)cc(Cl)cc3Cl)nc2)CC1. The van der Waals surface area contributed by atoms with Crippen molar-refractivity contribution in [1.82, 2.24) is 14.9 Å². The van der Waals surface area contributed by atoms with Crippen molar-refractivity contribution in [2.75, 3.05) is 41.7 Å². The summed E-state index contributed by atoms with van der Waals surface area (Å²) >= 11 is 19.3. The largest absolute Gasteiger partial charge is 0.444 e. The molecule has 0 spiro atoms. The Morgan fingerprint density at radius 1 is 0.949 bits per heavy atom. The quantitative estimate of drug-likeness (QED) is 0.360. The van der Waals surface area contributed by atoms with Gasteiger partial charge in [-0.15, -0.1) is 11.3 Å². The van der Waals surface area contributed by atoms with Crippen LogP contribution in [-0.4, -0.2) is 64.6 Å². The third-order valence-electron chi connectivity index (χ3n) is 5.53. The van der Waals surface area contributed by atoms with Crippen LogP contribution >= 0.6 is 46.1 Å². The summed E-state index contributed by atoms with van der Waals surface area (Å²) in [5, 5.41) is 5.99. The molecular weight excluding hydrogens is 587 g/mol. The first-order valence-electron chi connectivity index (χ1n) is 11.8. The molecule has 206 valence electrons. The van der Waals surface area contributed by atoms with E-state index in [-0.39, 0.29) is 32.4 Å². The van der Waals surface area contributed by atoms with Crippen LogP contribution in [0.3, 0.4) is 0 Å². The highest BCUT2D eigenvalue weighted by Crippen LogP contribution is 2.31. The molecule has 2 N–H and O–H groups in total. The number of nitrogens with zero attached hydrogens (tertiary/aromatic N) is 4. The third-order valence-corrected chi connectivity index (χ3v) is 7.09. The molecule has 0 unspecified atom stereocenters. The topological polar surface area (TPSA) is 117 Å². The summed E-state index contributed by atoms with van der Waals surface area (Å²) in [7, 11) is 0. The van der Waals surface area contributed by atoms with E-state index in [1.54, 1.807) is 17.2 Å². The number of hydrogen-bond donors (Lipinski definition) is 2. The fourth-order valence-corrected chi connectivity index (χ4v) is 5.38. The van der Waals surface area contributed by atoms with Crippen LogP contribution < -0.4 is 15.5 Å². The van der Waals surface area contributed by atoms with Crippen molar-refractivity contribution in [3.63, 3.8) is 0 Å². The number of halogens is 3. The fourth-order valence-electron chi connectivity index (χ4n) is 3.72. The highest BCUT2D eigenvalue weighted by molar-refractivity contribution is 7.14. The summed E-state index contributed by atoms with van der Waals surface area (Å²) in [5.41, 5.74) is 1.80. The lowest BCUT2D eigenvalue weighted by Crippen LogP contribution is -2.50. The second-order valence-corrected chi connectivity index (χ2v) is 11.6. The number of benzene rings is 1. The first kappa shape index (κ1) is 28.9. The summed E-state index contributed by atoms with van der Waals surface area (Å²) in [6.45, 7) is 7.81. The van der Waals surface area contributed by atoms with Crippen LogP contribution in [0.2, 0.25) is 15.1 Å². The number of rotatable bonds is 5. The number of amides is 3. The minimum Gasteiger partial charge on any atom is -0.444 e. The maximum absolute atomic E-state index is 12.9. The van der Waals surface area contributed by atoms with Crippen molar-refractivity contribution in [3.05, 3.63) is 62.3 Å². The Balaban J connectivity index is 1.35. The van der Waals surface area contributed by atoms with Gasteiger partial charge in [0.05, 0.1) is 33.0 Å².